The van der Waals surface area contributed by atoms with Crippen molar-refractivity contribution >= 4 is 31.9 Å². The van der Waals surface area contributed by atoms with Crippen LogP contribution in [0.1, 0.15) is 42.7 Å². The molecule has 2 rings (SSSR count). The number of sulfonamides is 1. The zero-order chi connectivity index (χ0) is 14.9. The molecule has 1 saturated carbocycles. The van der Waals surface area contributed by atoms with Gasteiger partial charge in [0.1, 0.15) is 4.90 Å². The van der Waals surface area contributed by atoms with Gasteiger partial charge in [0.2, 0.25) is 15.8 Å². The summed E-state index contributed by atoms with van der Waals surface area (Å²) in [5, 5.41) is 8.85. The molecule has 1 aromatic heterocycles. The Morgan fingerprint density at radius 1 is 1.40 bits per heavy atom. The first-order valence-corrected chi connectivity index (χ1v) is 8.58. The largest absolute Gasteiger partial charge is 0.475 e. The highest BCUT2D eigenvalue weighted by molar-refractivity contribution is 9.10. The molecule has 1 heterocycles. The van der Waals surface area contributed by atoms with Gasteiger partial charge in [0, 0.05) is 19.2 Å². The number of rotatable bonds is 4. The van der Waals surface area contributed by atoms with Gasteiger partial charge in [-0.25, -0.2) is 13.2 Å². The molecule has 0 atom stereocenters. The number of aromatic carboxylic acids is 1. The van der Waals surface area contributed by atoms with E-state index in [-0.39, 0.29) is 15.6 Å². The van der Waals surface area contributed by atoms with Gasteiger partial charge >= 0.3 is 5.97 Å². The summed E-state index contributed by atoms with van der Waals surface area (Å²) in [6.07, 6.45) is 4.81. The van der Waals surface area contributed by atoms with Crippen molar-refractivity contribution in [1.29, 1.82) is 0 Å². The molecular formula is C12H16BrNO5S. The van der Waals surface area contributed by atoms with E-state index < -0.39 is 21.8 Å². The third kappa shape index (κ3) is 2.91. The number of furan rings is 1. The predicted molar refractivity (Wildman–Crippen MR) is 75.2 cm³/mol. The lowest BCUT2D eigenvalue weighted by atomic mass is 9.96. The van der Waals surface area contributed by atoms with E-state index in [1.165, 1.54) is 11.4 Å². The van der Waals surface area contributed by atoms with Crippen molar-refractivity contribution in [2.75, 3.05) is 7.05 Å². The maximum Gasteiger partial charge on any atom is 0.371 e. The molecule has 1 aliphatic carbocycles. The Hall–Kier alpha value is -0.860. The maximum atomic E-state index is 12.5. The highest BCUT2D eigenvalue weighted by Gasteiger charge is 2.33. The van der Waals surface area contributed by atoms with Gasteiger partial charge in [0.25, 0.3) is 0 Å². The lowest BCUT2D eigenvalue weighted by molar-refractivity contribution is 0.0661. The Labute approximate surface area is 125 Å². The molecule has 0 saturated heterocycles. The standard InChI is InChI=1S/C12H16BrNO5S/c1-14(8-5-3-2-4-6-8)20(17,18)10-7-9(12(15)16)19-11(10)13/h7-8H,2-6H2,1H3,(H,15,16). The summed E-state index contributed by atoms with van der Waals surface area (Å²) in [4.78, 5) is 10.7. The maximum absolute atomic E-state index is 12.5. The van der Waals surface area contributed by atoms with E-state index in [1.807, 2.05) is 0 Å². The number of carbonyl (C=O) groups is 1. The van der Waals surface area contributed by atoms with Crippen LogP contribution >= 0.6 is 15.9 Å². The van der Waals surface area contributed by atoms with Crippen LogP contribution in [0.25, 0.3) is 0 Å². The summed E-state index contributed by atoms with van der Waals surface area (Å²) in [5.41, 5.74) is 0. The second kappa shape index (κ2) is 5.87. The minimum atomic E-state index is -3.75. The molecule has 112 valence electrons. The van der Waals surface area contributed by atoms with Crippen LogP contribution in [0, 0.1) is 0 Å². The van der Waals surface area contributed by atoms with Crippen molar-refractivity contribution in [3.8, 4) is 0 Å². The summed E-state index contributed by atoms with van der Waals surface area (Å²) >= 11 is 2.98. The molecule has 0 aliphatic heterocycles. The lowest BCUT2D eigenvalue weighted by Crippen LogP contribution is -2.38. The van der Waals surface area contributed by atoms with Crippen LogP contribution in [0.2, 0.25) is 0 Å². The lowest BCUT2D eigenvalue weighted by Gasteiger charge is -2.30. The minimum absolute atomic E-state index is 0.0381. The fourth-order valence-corrected chi connectivity index (χ4v) is 4.75. The van der Waals surface area contributed by atoms with Gasteiger partial charge in [0.05, 0.1) is 0 Å². The molecule has 1 aliphatic rings. The third-order valence-electron chi connectivity index (χ3n) is 3.61. The SMILES string of the molecule is CN(C1CCCCC1)S(=O)(=O)c1cc(C(=O)O)oc1Br. The molecule has 0 aromatic carbocycles. The molecule has 0 spiro atoms. The van der Waals surface area contributed by atoms with Crippen LogP contribution in [0.3, 0.4) is 0 Å². The van der Waals surface area contributed by atoms with E-state index in [2.05, 4.69) is 15.9 Å². The monoisotopic (exact) mass is 365 g/mol. The van der Waals surface area contributed by atoms with Crippen molar-refractivity contribution in [3.05, 3.63) is 16.5 Å². The molecular weight excluding hydrogens is 350 g/mol. The van der Waals surface area contributed by atoms with Gasteiger partial charge in [-0.05, 0) is 28.8 Å². The van der Waals surface area contributed by atoms with Crippen molar-refractivity contribution in [3.63, 3.8) is 0 Å². The Bertz CT molecular complexity index is 603. The fraction of sp³-hybridized carbons (Fsp3) is 0.583. The van der Waals surface area contributed by atoms with Gasteiger partial charge in [-0.1, -0.05) is 19.3 Å². The summed E-state index contributed by atoms with van der Waals surface area (Å²) in [7, 11) is -2.22. The fourth-order valence-electron chi connectivity index (χ4n) is 2.43. The summed E-state index contributed by atoms with van der Waals surface area (Å²) in [6.45, 7) is 0. The van der Waals surface area contributed by atoms with Crippen molar-refractivity contribution in [2.24, 2.45) is 0 Å². The van der Waals surface area contributed by atoms with Crippen molar-refractivity contribution < 1.29 is 22.7 Å². The molecule has 1 N–H and O–H groups in total. The number of halogens is 1. The van der Waals surface area contributed by atoms with Crippen molar-refractivity contribution in [2.45, 2.75) is 43.0 Å². The van der Waals surface area contributed by atoms with Crippen LogP contribution in [0.4, 0.5) is 0 Å². The Balaban J connectivity index is 2.31. The van der Waals surface area contributed by atoms with E-state index in [1.54, 1.807) is 0 Å². The molecule has 0 amide bonds. The van der Waals surface area contributed by atoms with Crippen LogP contribution in [0.5, 0.6) is 0 Å². The number of carboxylic acids is 1. The van der Waals surface area contributed by atoms with Crippen molar-refractivity contribution in [1.82, 2.24) is 4.31 Å². The molecule has 6 nitrogen and oxygen atoms in total. The molecule has 1 fully saturated rings. The normalized spacial score (nSPS) is 17.6. The number of hydrogen-bond acceptors (Lipinski definition) is 4. The topological polar surface area (TPSA) is 87.8 Å². The number of nitrogens with zero attached hydrogens (tertiary/aromatic N) is 1. The summed E-state index contributed by atoms with van der Waals surface area (Å²) in [6, 6.07) is 1.00. The highest BCUT2D eigenvalue weighted by Crippen LogP contribution is 2.31. The van der Waals surface area contributed by atoms with E-state index >= 15 is 0 Å². The van der Waals surface area contributed by atoms with Crippen LogP contribution in [0.15, 0.2) is 20.0 Å². The zero-order valence-corrected chi connectivity index (χ0v) is 13.4. The van der Waals surface area contributed by atoms with Gasteiger partial charge < -0.3 is 9.52 Å². The van der Waals surface area contributed by atoms with E-state index in [0.717, 1.165) is 38.2 Å². The molecule has 0 radical (unpaired) electrons. The first kappa shape index (κ1) is 15.5. The predicted octanol–water partition coefficient (Wildman–Crippen LogP) is 2.69. The van der Waals surface area contributed by atoms with Crippen LogP contribution in [-0.2, 0) is 10.0 Å². The van der Waals surface area contributed by atoms with E-state index in [9.17, 15) is 13.2 Å². The zero-order valence-electron chi connectivity index (χ0n) is 11.0. The average Bonchev–Trinajstić information content (AvgIpc) is 2.82. The second-order valence-corrected chi connectivity index (χ2v) is 7.55. The first-order chi connectivity index (χ1) is 9.34. The molecule has 0 bridgehead atoms. The first-order valence-electron chi connectivity index (χ1n) is 6.34. The highest BCUT2D eigenvalue weighted by atomic mass is 79.9. The molecule has 8 heteroatoms. The number of carboxylic acid groups (broad SMARTS) is 1. The van der Waals surface area contributed by atoms with Crippen LogP contribution in [-0.4, -0.2) is 36.9 Å². The van der Waals surface area contributed by atoms with E-state index in [4.69, 9.17) is 9.52 Å². The second-order valence-electron chi connectivity index (χ2n) is 4.87. The molecule has 1 aromatic rings. The minimum Gasteiger partial charge on any atom is -0.475 e. The van der Waals surface area contributed by atoms with Gasteiger partial charge in [-0.2, -0.15) is 4.31 Å². The molecule has 20 heavy (non-hydrogen) atoms. The number of hydrogen-bond donors (Lipinski definition) is 1. The smallest absolute Gasteiger partial charge is 0.371 e. The summed E-state index contributed by atoms with van der Waals surface area (Å²) in [5.74, 6) is -1.69. The Morgan fingerprint density at radius 2 is 2.00 bits per heavy atom. The Kier molecular flexibility index (Phi) is 4.55. The van der Waals surface area contributed by atoms with Crippen LogP contribution < -0.4 is 0 Å². The van der Waals surface area contributed by atoms with Gasteiger partial charge in [-0.15, -0.1) is 0 Å². The molecule has 0 unspecified atom stereocenters. The summed E-state index contributed by atoms with van der Waals surface area (Å²) < 4.78 is 31.2. The average molecular weight is 366 g/mol. The van der Waals surface area contributed by atoms with Gasteiger partial charge in [-0.3, -0.25) is 0 Å². The third-order valence-corrected chi connectivity index (χ3v) is 6.38. The Morgan fingerprint density at radius 3 is 2.50 bits per heavy atom. The van der Waals surface area contributed by atoms with Gasteiger partial charge in [0.15, 0.2) is 4.67 Å². The quantitative estimate of drug-likeness (QED) is 0.885. The van der Waals surface area contributed by atoms with E-state index in [0.29, 0.717) is 0 Å².